The molecule has 2 atom stereocenters. The van der Waals surface area contributed by atoms with Gasteiger partial charge in [-0.25, -0.2) is 0 Å². The second-order valence-corrected chi connectivity index (χ2v) is 5.99. The molecule has 0 fully saturated rings. The second-order valence-electron chi connectivity index (χ2n) is 3.83. The number of carbonyl (C=O) groups is 1. The van der Waals surface area contributed by atoms with E-state index in [0.717, 1.165) is 5.56 Å². The normalized spacial score (nSPS) is 16.2. The maximum Gasteiger partial charge on any atom is 0.327 e. The first kappa shape index (κ1) is 14.1. The van der Waals surface area contributed by atoms with Gasteiger partial charge < -0.3 is 9.05 Å². The molecule has 17 heavy (non-hydrogen) atoms. The SMILES string of the molecule is COP(C)(=O)OCC(=O)C(C)c1ccccc1. The van der Waals surface area contributed by atoms with Gasteiger partial charge in [-0.05, 0) is 5.56 Å². The Morgan fingerprint density at radius 1 is 1.35 bits per heavy atom. The largest absolute Gasteiger partial charge is 0.327 e. The third-order valence-electron chi connectivity index (χ3n) is 2.56. The van der Waals surface area contributed by atoms with E-state index >= 15 is 0 Å². The Morgan fingerprint density at radius 2 is 1.94 bits per heavy atom. The van der Waals surface area contributed by atoms with Gasteiger partial charge in [0.15, 0.2) is 5.78 Å². The van der Waals surface area contributed by atoms with Crippen LogP contribution in [0, 0.1) is 0 Å². The Bertz CT molecular complexity index is 416. The lowest BCUT2D eigenvalue weighted by Crippen LogP contribution is -2.15. The number of rotatable bonds is 6. The molecule has 0 aliphatic rings. The molecule has 1 aromatic rings. The van der Waals surface area contributed by atoms with Crippen LogP contribution in [0.25, 0.3) is 0 Å². The predicted molar refractivity (Wildman–Crippen MR) is 66.4 cm³/mol. The monoisotopic (exact) mass is 256 g/mol. The lowest BCUT2D eigenvalue weighted by Gasteiger charge is -2.14. The summed E-state index contributed by atoms with van der Waals surface area (Å²) in [5.41, 5.74) is 0.921. The highest BCUT2D eigenvalue weighted by Crippen LogP contribution is 2.42. The number of hydrogen-bond donors (Lipinski definition) is 0. The van der Waals surface area contributed by atoms with Crippen LogP contribution in [0.5, 0.6) is 0 Å². The molecular formula is C12H17O4P. The fourth-order valence-electron chi connectivity index (χ4n) is 1.29. The van der Waals surface area contributed by atoms with E-state index in [0.29, 0.717) is 0 Å². The lowest BCUT2D eigenvalue weighted by atomic mass is 9.97. The quantitative estimate of drug-likeness (QED) is 0.734. The lowest BCUT2D eigenvalue weighted by molar-refractivity contribution is -0.122. The Balaban J connectivity index is 2.57. The molecular weight excluding hydrogens is 239 g/mol. The Morgan fingerprint density at radius 3 is 2.47 bits per heavy atom. The van der Waals surface area contributed by atoms with Gasteiger partial charge in [-0.2, -0.15) is 0 Å². The van der Waals surface area contributed by atoms with Crippen LogP contribution in [0.4, 0.5) is 0 Å². The minimum Gasteiger partial charge on any atom is -0.312 e. The average molecular weight is 256 g/mol. The first-order valence-corrected chi connectivity index (χ1v) is 7.30. The van der Waals surface area contributed by atoms with E-state index in [9.17, 15) is 9.36 Å². The number of Topliss-reactive ketones (excluding diaryl/α,β-unsaturated/α-hetero) is 1. The Hall–Kier alpha value is -0.960. The third-order valence-corrected chi connectivity index (χ3v) is 3.82. The molecule has 0 radical (unpaired) electrons. The molecule has 4 nitrogen and oxygen atoms in total. The van der Waals surface area contributed by atoms with Gasteiger partial charge in [0.1, 0.15) is 6.61 Å². The van der Waals surface area contributed by atoms with Crippen molar-refractivity contribution in [3.63, 3.8) is 0 Å². The van der Waals surface area contributed by atoms with E-state index in [2.05, 4.69) is 4.52 Å². The topological polar surface area (TPSA) is 52.6 Å². The zero-order chi connectivity index (χ0) is 12.9. The molecule has 0 N–H and O–H groups in total. The molecule has 0 aliphatic heterocycles. The summed E-state index contributed by atoms with van der Waals surface area (Å²) >= 11 is 0. The molecule has 0 aliphatic carbocycles. The molecule has 0 amide bonds. The highest BCUT2D eigenvalue weighted by Gasteiger charge is 2.20. The van der Waals surface area contributed by atoms with Gasteiger partial charge in [0, 0.05) is 19.7 Å². The van der Waals surface area contributed by atoms with Gasteiger partial charge in [-0.3, -0.25) is 9.36 Å². The standard InChI is InChI=1S/C12H17O4P/c1-10(11-7-5-4-6-8-11)12(13)9-16-17(3,14)15-2/h4-8,10H,9H2,1-3H3. The summed E-state index contributed by atoms with van der Waals surface area (Å²) in [6.45, 7) is 2.94. The summed E-state index contributed by atoms with van der Waals surface area (Å²) in [5.74, 6) is -0.386. The van der Waals surface area contributed by atoms with Gasteiger partial charge in [0.05, 0.1) is 0 Å². The summed E-state index contributed by atoms with van der Waals surface area (Å²) in [6, 6.07) is 9.40. The maximum absolute atomic E-state index is 11.8. The van der Waals surface area contributed by atoms with Crippen LogP contribution in [-0.2, 0) is 18.4 Å². The van der Waals surface area contributed by atoms with E-state index in [4.69, 9.17) is 4.52 Å². The number of ketones is 1. The van der Waals surface area contributed by atoms with Crippen LogP contribution in [0.2, 0.25) is 0 Å². The van der Waals surface area contributed by atoms with Gasteiger partial charge in [-0.1, -0.05) is 37.3 Å². The van der Waals surface area contributed by atoms with Crippen molar-refractivity contribution in [2.75, 3.05) is 20.4 Å². The van der Waals surface area contributed by atoms with Gasteiger partial charge in [0.25, 0.3) is 0 Å². The van der Waals surface area contributed by atoms with Crippen molar-refractivity contribution in [1.82, 2.24) is 0 Å². The van der Waals surface area contributed by atoms with E-state index < -0.39 is 7.60 Å². The van der Waals surface area contributed by atoms with Crippen molar-refractivity contribution in [1.29, 1.82) is 0 Å². The highest BCUT2D eigenvalue weighted by atomic mass is 31.2. The molecule has 0 bridgehead atoms. The summed E-state index contributed by atoms with van der Waals surface area (Å²) in [5, 5.41) is 0. The van der Waals surface area contributed by atoms with Gasteiger partial charge in [-0.15, -0.1) is 0 Å². The Labute approximate surface area is 101 Å². The first-order chi connectivity index (χ1) is 7.96. The zero-order valence-electron chi connectivity index (χ0n) is 10.3. The molecule has 2 unspecified atom stereocenters. The van der Waals surface area contributed by atoms with Crippen LogP contribution >= 0.6 is 7.60 Å². The van der Waals surface area contributed by atoms with Crippen LogP contribution in [0.1, 0.15) is 18.4 Å². The van der Waals surface area contributed by atoms with E-state index in [1.807, 2.05) is 30.3 Å². The molecule has 1 rings (SSSR count). The fourth-order valence-corrected chi connectivity index (χ4v) is 1.75. The van der Waals surface area contributed by atoms with Crippen molar-refractivity contribution >= 4 is 13.4 Å². The molecule has 0 saturated heterocycles. The molecule has 1 aromatic carbocycles. The van der Waals surface area contributed by atoms with E-state index in [1.165, 1.54) is 13.8 Å². The van der Waals surface area contributed by atoms with Crippen molar-refractivity contribution in [3.8, 4) is 0 Å². The molecule has 0 aromatic heterocycles. The summed E-state index contributed by atoms with van der Waals surface area (Å²) in [6.07, 6.45) is 0. The zero-order valence-corrected chi connectivity index (χ0v) is 11.1. The summed E-state index contributed by atoms with van der Waals surface area (Å²) in [7, 11) is -1.78. The van der Waals surface area contributed by atoms with E-state index in [-0.39, 0.29) is 18.3 Å². The van der Waals surface area contributed by atoms with Gasteiger partial charge in [0.2, 0.25) is 0 Å². The highest BCUT2D eigenvalue weighted by molar-refractivity contribution is 7.52. The van der Waals surface area contributed by atoms with E-state index in [1.54, 1.807) is 6.92 Å². The third kappa shape index (κ3) is 4.43. The second kappa shape index (κ2) is 6.10. The van der Waals surface area contributed by atoms with Crippen LogP contribution in [0.15, 0.2) is 30.3 Å². The van der Waals surface area contributed by atoms with Crippen LogP contribution in [-0.4, -0.2) is 26.2 Å². The smallest absolute Gasteiger partial charge is 0.312 e. The van der Waals surface area contributed by atoms with Crippen molar-refractivity contribution in [3.05, 3.63) is 35.9 Å². The summed E-state index contributed by atoms with van der Waals surface area (Å²) < 4.78 is 21.1. The Kier molecular flexibility index (Phi) is 5.06. The molecule has 0 heterocycles. The first-order valence-electron chi connectivity index (χ1n) is 5.31. The predicted octanol–water partition coefficient (Wildman–Crippen LogP) is 2.85. The van der Waals surface area contributed by atoms with Crippen molar-refractivity contribution in [2.24, 2.45) is 0 Å². The number of hydrogen-bond acceptors (Lipinski definition) is 4. The van der Waals surface area contributed by atoms with Crippen molar-refractivity contribution in [2.45, 2.75) is 12.8 Å². The van der Waals surface area contributed by atoms with Crippen LogP contribution in [0.3, 0.4) is 0 Å². The van der Waals surface area contributed by atoms with Gasteiger partial charge >= 0.3 is 7.60 Å². The molecule has 0 spiro atoms. The van der Waals surface area contributed by atoms with Crippen LogP contribution < -0.4 is 0 Å². The molecule has 0 saturated carbocycles. The average Bonchev–Trinajstić information content (AvgIpc) is 2.36. The molecule has 94 valence electrons. The minimum absolute atomic E-state index is 0.115. The maximum atomic E-state index is 11.8. The minimum atomic E-state index is -3.08. The number of carbonyl (C=O) groups excluding carboxylic acids is 1. The molecule has 5 heteroatoms. The fraction of sp³-hybridized carbons (Fsp3) is 0.417. The summed E-state index contributed by atoms with van der Waals surface area (Å²) in [4.78, 5) is 11.8. The number of benzene rings is 1. The van der Waals surface area contributed by atoms with Crippen molar-refractivity contribution < 1.29 is 18.4 Å².